The van der Waals surface area contributed by atoms with E-state index in [0.717, 1.165) is 25.2 Å². The van der Waals surface area contributed by atoms with Gasteiger partial charge >= 0.3 is 0 Å². The minimum absolute atomic E-state index is 0.132. The molecule has 114 valence electrons. The van der Waals surface area contributed by atoms with E-state index in [4.69, 9.17) is 0 Å². The van der Waals surface area contributed by atoms with Crippen LogP contribution in [0.1, 0.15) is 59.3 Å². The van der Waals surface area contributed by atoms with Gasteiger partial charge in [0.25, 0.3) is 0 Å². The molecule has 4 fully saturated rings. The van der Waals surface area contributed by atoms with Crippen molar-refractivity contribution in [2.45, 2.75) is 65.4 Å². The van der Waals surface area contributed by atoms with E-state index in [-0.39, 0.29) is 5.41 Å². The van der Waals surface area contributed by atoms with Crippen LogP contribution in [0.25, 0.3) is 0 Å². The number of rotatable bonds is 3. The van der Waals surface area contributed by atoms with Crippen LogP contribution >= 0.6 is 0 Å². The lowest BCUT2D eigenvalue weighted by Gasteiger charge is -2.65. The number of carbonyl (C=O) groups is 1. The number of carbonyl (C=O) groups excluding carboxylic acids is 1. The van der Waals surface area contributed by atoms with E-state index >= 15 is 0 Å². The zero-order chi connectivity index (χ0) is 14.8. The first-order valence-electron chi connectivity index (χ1n) is 8.09. The van der Waals surface area contributed by atoms with Crippen molar-refractivity contribution in [2.24, 2.45) is 22.2 Å². The molecular weight excluding hydrogens is 250 g/mol. The summed E-state index contributed by atoms with van der Waals surface area (Å²) in [6.07, 6.45) is 6.70. The number of hydrogen-bond donors (Lipinski definition) is 1. The van der Waals surface area contributed by atoms with Gasteiger partial charge in [0.15, 0.2) is 0 Å². The predicted octanol–water partition coefficient (Wildman–Crippen LogP) is 2.82. The van der Waals surface area contributed by atoms with Crippen LogP contribution in [0.5, 0.6) is 0 Å². The van der Waals surface area contributed by atoms with Gasteiger partial charge in [0.1, 0.15) is 0 Å². The normalized spacial score (nSPS) is 47.4. The smallest absolute Gasteiger partial charge is 0.228 e. The lowest BCUT2D eigenvalue weighted by Crippen LogP contribution is -2.60. The van der Waals surface area contributed by atoms with Gasteiger partial charge in [0.05, 0.1) is 11.5 Å². The summed E-state index contributed by atoms with van der Waals surface area (Å²) in [4.78, 5) is 14.8. The molecule has 3 atom stereocenters. The third kappa shape index (κ3) is 2.18. The number of amides is 1. The number of aliphatic hydroxyl groups excluding tert-OH is 1. The lowest BCUT2D eigenvalue weighted by molar-refractivity contribution is -0.179. The fourth-order valence-corrected chi connectivity index (χ4v) is 6.57. The fraction of sp³-hybridized carbons (Fsp3) is 0.941. The first kappa shape index (κ1) is 14.4. The van der Waals surface area contributed by atoms with Crippen LogP contribution < -0.4 is 0 Å². The van der Waals surface area contributed by atoms with Crippen molar-refractivity contribution in [2.75, 3.05) is 13.6 Å². The van der Waals surface area contributed by atoms with Crippen LogP contribution in [0.15, 0.2) is 0 Å². The molecule has 3 heteroatoms. The summed E-state index contributed by atoms with van der Waals surface area (Å²) in [5, 5.41) is 9.56. The molecule has 0 heterocycles. The summed E-state index contributed by atoms with van der Waals surface area (Å²) in [7, 11) is 1.86. The van der Waals surface area contributed by atoms with E-state index in [1.807, 2.05) is 7.05 Å². The molecule has 20 heavy (non-hydrogen) atoms. The Labute approximate surface area is 122 Å². The average Bonchev–Trinajstić information content (AvgIpc) is 2.21. The van der Waals surface area contributed by atoms with Crippen LogP contribution in [0.4, 0.5) is 0 Å². The van der Waals surface area contributed by atoms with Crippen molar-refractivity contribution in [1.82, 2.24) is 4.90 Å². The van der Waals surface area contributed by atoms with E-state index in [1.165, 1.54) is 19.3 Å². The van der Waals surface area contributed by atoms with Gasteiger partial charge in [-0.3, -0.25) is 4.79 Å². The summed E-state index contributed by atoms with van der Waals surface area (Å²) in [5.74, 6) is 1.03. The first-order valence-corrected chi connectivity index (χ1v) is 8.09. The summed E-state index contributed by atoms with van der Waals surface area (Å²) in [6.45, 7) is 7.00. The topological polar surface area (TPSA) is 40.5 Å². The van der Waals surface area contributed by atoms with Crippen molar-refractivity contribution < 1.29 is 9.90 Å². The minimum Gasteiger partial charge on any atom is -0.392 e. The number of hydrogen-bond acceptors (Lipinski definition) is 2. The van der Waals surface area contributed by atoms with Gasteiger partial charge in [-0.25, -0.2) is 0 Å². The Hall–Kier alpha value is -0.570. The third-order valence-corrected chi connectivity index (χ3v) is 5.96. The second-order valence-corrected chi connectivity index (χ2v) is 8.95. The molecule has 4 bridgehead atoms. The highest BCUT2D eigenvalue weighted by atomic mass is 16.3. The van der Waals surface area contributed by atoms with Crippen LogP contribution in [0.2, 0.25) is 0 Å². The molecule has 0 aromatic carbocycles. The fourth-order valence-electron chi connectivity index (χ4n) is 6.57. The van der Waals surface area contributed by atoms with Gasteiger partial charge in [-0.1, -0.05) is 13.8 Å². The minimum atomic E-state index is -0.441. The molecule has 1 N–H and O–H groups in total. The van der Waals surface area contributed by atoms with Crippen LogP contribution in [-0.2, 0) is 4.79 Å². The second-order valence-electron chi connectivity index (χ2n) is 8.95. The van der Waals surface area contributed by atoms with Crippen molar-refractivity contribution in [3.8, 4) is 0 Å². The zero-order valence-electron chi connectivity index (χ0n) is 13.4. The predicted molar refractivity (Wildman–Crippen MR) is 79.2 cm³/mol. The Morgan fingerprint density at radius 2 is 1.75 bits per heavy atom. The monoisotopic (exact) mass is 279 g/mol. The Morgan fingerprint density at radius 1 is 1.20 bits per heavy atom. The van der Waals surface area contributed by atoms with Crippen molar-refractivity contribution in [3.63, 3.8) is 0 Å². The highest BCUT2D eigenvalue weighted by Crippen LogP contribution is 2.69. The zero-order valence-corrected chi connectivity index (χ0v) is 13.4. The molecule has 1 amide bonds. The lowest BCUT2D eigenvalue weighted by atomic mass is 9.40. The summed E-state index contributed by atoms with van der Waals surface area (Å²) in [6, 6.07) is 0. The van der Waals surface area contributed by atoms with Gasteiger partial charge in [0, 0.05) is 13.6 Å². The molecule has 0 radical (unpaired) electrons. The largest absolute Gasteiger partial charge is 0.392 e. The Morgan fingerprint density at radius 3 is 2.20 bits per heavy atom. The maximum absolute atomic E-state index is 13.0. The van der Waals surface area contributed by atoms with Crippen molar-refractivity contribution in [3.05, 3.63) is 0 Å². The van der Waals surface area contributed by atoms with Crippen molar-refractivity contribution in [1.29, 1.82) is 0 Å². The van der Waals surface area contributed by atoms with Gasteiger partial charge in [-0.05, 0) is 62.2 Å². The molecule has 4 aliphatic rings. The molecule has 4 saturated carbocycles. The van der Waals surface area contributed by atoms with Crippen molar-refractivity contribution >= 4 is 5.91 Å². The molecule has 4 aliphatic carbocycles. The van der Waals surface area contributed by atoms with E-state index in [1.54, 1.807) is 11.8 Å². The second kappa shape index (κ2) is 4.22. The molecule has 3 unspecified atom stereocenters. The number of likely N-dealkylation sites (N-methyl/N-ethyl adjacent to an activating group) is 1. The number of aliphatic hydroxyl groups is 1. The van der Waals surface area contributed by atoms with Gasteiger partial charge in [-0.15, -0.1) is 0 Å². The first-order chi connectivity index (χ1) is 9.15. The van der Waals surface area contributed by atoms with E-state index < -0.39 is 6.10 Å². The van der Waals surface area contributed by atoms with Gasteiger partial charge < -0.3 is 10.0 Å². The summed E-state index contributed by atoms with van der Waals surface area (Å²) < 4.78 is 0. The third-order valence-electron chi connectivity index (χ3n) is 5.96. The standard InChI is InChI=1S/C17H29NO2/c1-12(19)8-18(4)14(20)17-7-13-5-15(2,10-17)9-16(3,6-13)11-17/h12-13,19H,5-11H2,1-4H3. The Kier molecular flexibility index (Phi) is 3.03. The molecule has 0 saturated heterocycles. The van der Waals surface area contributed by atoms with E-state index in [2.05, 4.69) is 13.8 Å². The van der Waals surface area contributed by atoms with E-state index in [0.29, 0.717) is 23.3 Å². The highest BCUT2D eigenvalue weighted by molar-refractivity contribution is 5.83. The molecule has 0 aromatic rings. The molecule has 0 aromatic heterocycles. The quantitative estimate of drug-likeness (QED) is 0.863. The van der Waals surface area contributed by atoms with Crippen LogP contribution in [0, 0.1) is 22.2 Å². The number of nitrogens with zero attached hydrogens (tertiary/aromatic N) is 1. The molecule has 3 nitrogen and oxygen atoms in total. The average molecular weight is 279 g/mol. The summed E-state index contributed by atoms with van der Waals surface area (Å²) in [5.41, 5.74) is 0.609. The molecular formula is C17H29NO2. The van der Waals surface area contributed by atoms with Gasteiger partial charge in [-0.2, -0.15) is 0 Å². The van der Waals surface area contributed by atoms with Crippen LogP contribution in [0.3, 0.4) is 0 Å². The molecule has 0 spiro atoms. The summed E-state index contributed by atoms with van der Waals surface area (Å²) >= 11 is 0. The molecule has 0 aliphatic heterocycles. The highest BCUT2D eigenvalue weighted by Gasteiger charge is 2.63. The Balaban J connectivity index is 1.87. The van der Waals surface area contributed by atoms with Crippen LogP contribution in [-0.4, -0.2) is 35.6 Å². The van der Waals surface area contributed by atoms with E-state index in [9.17, 15) is 9.90 Å². The maximum Gasteiger partial charge on any atom is 0.228 e. The Bertz CT molecular complexity index is 413. The maximum atomic E-state index is 13.0. The van der Waals surface area contributed by atoms with Gasteiger partial charge in [0.2, 0.25) is 5.91 Å². The SMILES string of the molecule is CC(O)CN(C)C(=O)C12CC3CC(C)(CC(C)(C3)C1)C2. The molecule has 4 rings (SSSR count).